The molecule has 0 aliphatic carbocycles. The van der Waals surface area contributed by atoms with Crippen LogP contribution in [0.15, 0.2) is 18.2 Å². The number of aliphatic carboxylic acids is 1. The standard InChI is InChI=1S/C13H15ClN2O4/c14-8-2-1-3-9(11(8)12(15)17)16-6-7-4-5-10(20-7)13(18)19/h1-3,7,10,16H,4-6H2,(H2,15,17)(H,18,19). The van der Waals surface area contributed by atoms with Crippen molar-refractivity contribution in [2.24, 2.45) is 5.73 Å². The number of carboxylic acids is 1. The van der Waals surface area contributed by atoms with Crippen LogP contribution in [-0.2, 0) is 9.53 Å². The van der Waals surface area contributed by atoms with Gasteiger partial charge in [0.1, 0.15) is 0 Å². The Morgan fingerprint density at radius 1 is 1.45 bits per heavy atom. The lowest BCUT2D eigenvalue weighted by Crippen LogP contribution is -2.25. The highest BCUT2D eigenvalue weighted by Crippen LogP contribution is 2.25. The van der Waals surface area contributed by atoms with Crippen molar-refractivity contribution in [3.63, 3.8) is 0 Å². The van der Waals surface area contributed by atoms with Crippen molar-refractivity contribution in [1.82, 2.24) is 0 Å². The first kappa shape index (κ1) is 14.6. The minimum absolute atomic E-state index is 0.212. The third-order valence-corrected chi connectivity index (χ3v) is 3.48. The zero-order valence-electron chi connectivity index (χ0n) is 10.6. The first-order valence-electron chi connectivity index (χ1n) is 6.19. The van der Waals surface area contributed by atoms with E-state index >= 15 is 0 Å². The van der Waals surface area contributed by atoms with Gasteiger partial charge in [-0.3, -0.25) is 4.79 Å². The molecular formula is C13H15ClN2O4. The molecule has 108 valence electrons. The molecule has 6 nitrogen and oxygen atoms in total. The summed E-state index contributed by atoms with van der Waals surface area (Å²) in [7, 11) is 0. The Balaban J connectivity index is 2.00. The quantitative estimate of drug-likeness (QED) is 0.764. The highest BCUT2D eigenvalue weighted by atomic mass is 35.5. The van der Waals surface area contributed by atoms with Crippen molar-refractivity contribution in [3.8, 4) is 0 Å². The van der Waals surface area contributed by atoms with Crippen molar-refractivity contribution in [2.45, 2.75) is 25.0 Å². The van der Waals surface area contributed by atoms with Gasteiger partial charge in [0.2, 0.25) is 0 Å². The maximum absolute atomic E-state index is 11.4. The zero-order valence-corrected chi connectivity index (χ0v) is 11.4. The number of benzene rings is 1. The largest absolute Gasteiger partial charge is 0.479 e. The van der Waals surface area contributed by atoms with Gasteiger partial charge in [0.15, 0.2) is 6.10 Å². The van der Waals surface area contributed by atoms with Crippen LogP contribution < -0.4 is 11.1 Å². The van der Waals surface area contributed by atoms with Gasteiger partial charge >= 0.3 is 5.97 Å². The Labute approximate surface area is 120 Å². The van der Waals surface area contributed by atoms with Crippen LogP contribution >= 0.6 is 11.6 Å². The van der Waals surface area contributed by atoms with E-state index in [9.17, 15) is 9.59 Å². The number of carbonyl (C=O) groups is 2. The SMILES string of the molecule is NC(=O)c1c(Cl)cccc1NCC1CCC(C(=O)O)O1. The minimum Gasteiger partial charge on any atom is -0.479 e. The van der Waals surface area contributed by atoms with E-state index in [2.05, 4.69) is 5.32 Å². The fraction of sp³-hybridized carbons (Fsp3) is 0.385. The predicted molar refractivity (Wildman–Crippen MR) is 74.0 cm³/mol. The van der Waals surface area contributed by atoms with Gasteiger partial charge in [-0.1, -0.05) is 17.7 Å². The molecular weight excluding hydrogens is 284 g/mol. The van der Waals surface area contributed by atoms with E-state index in [1.807, 2.05) is 0 Å². The second-order valence-corrected chi connectivity index (χ2v) is 4.98. The molecule has 1 saturated heterocycles. The van der Waals surface area contributed by atoms with Gasteiger partial charge in [0, 0.05) is 12.2 Å². The monoisotopic (exact) mass is 298 g/mol. The summed E-state index contributed by atoms with van der Waals surface area (Å²) in [4.78, 5) is 22.2. The van der Waals surface area contributed by atoms with Crippen LogP contribution in [0.1, 0.15) is 23.2 Å². The lowest BCUT2D eigenvalue weighted by atomic mass is 10.1. The number of halogens is 1. The number of hydrogen-bond donors (Lipinski definition) is 3. The molecule has 2 unspecified atom stereocenters. The van der Waals surface area contributed by atoms with Crippen LogP contribution in [0, 0.1) is 0 Å². The summed E-state index contributed by atoms with van der Waals surface area (Å²) < 4.78 is 5.36. The summed E-state index contributed by atoms with van der Waals surface area (Å²) in [6.07, 6.45) is 0.170. The fourth-order valence-corrected chi connectivity index (χ4v) is 2.45. The molecule has 2 rings (SSSR count). The molecule has 20 heavy (non-hydrogen) atoms. The topological polar surface area (TPSA) is 102 Å². The number of carbonyl (C=O) groups excluding carboxylic acids is 1. The highest BCUT2D eigenvalue weighted by Gasteiger charge is 2.30. The minimum atomic E-state index is -0.951. The number of nitrogens with one attached hydrogen (secondary N) is 1. The highest BCUT2D eigenvalue weighted by molar-refractivity contribution is 6.34. The Kier molecular flexibility index (Phi) is 4.46. The van der Waals surface area contributed by atoms with Crippen molar-refractivity contribution < 1.29 is 19.4 Å². The van der Waals surface area contributed by atoms with Crippen LogP contribution in [0.25, 0.3) is 0 Å². The van der Waals surface area contributed by atoms with E-state index < -0.39 is 18.0 Å². The molecule has 7 heteroatoms. The molecule has 2 atom stereocenters. The van der Waals surface area contributed by atoms with Crippen molar-refractivity contribution in [1.29, 1.82) is 0 Å². The lowest BCUT2D eigenvalue weighted by molar-refractivity contribution is -0.149. The van der Waals surface area contributed by atoms with Gasteiger partial charge in [-0.25, -0.2) is 4.79 Å². The molecule has 0 aromatic heterocycles. The molecule has 1 fully saturated rings. The molecule has 0 saturated carbocycles. The van der Waals surface area contributed by atoms with Gasteiger partial charge in [-0.2, -0.15) is 0 Å². The van der Waals surface area contributed by atoms with Crippen molar-refractivity contribution in [3.05, 3.63) is 28.8 Å². The third kappa shape index (κ3) is 3.20. The molecule has 0 spiro atoms. The van der Waals surface area contributed by atoms with Gasteiger partial charge in [-0.15, -0.1) is 0 Å². The van der Waals surface area contributed by atoms with Crippen LogP contribution in [0.4, 0.5) is 5.69 Å². The van der Waals surface area contributed by atoms with E-state index in [0.717, 1.165) is 0 Å². The number of rotatable bonds is 5. The number of primary amides is 1. The molecule has 0 radical (unpaired) electrons. The van der Waals surface area contributed by atoms with Crippen LogP contribution in [0.2, 0.25) is 5.02 Å². The van der Waals surface area contributed by atoms with Gasteiger partial charge in [0.05, 0.1) is 16.7 Å². The van der Waals surface area contributed by atoms with E-state index in [1.165, 1.54) is 0 Å². The van der Waals surface area contributed by atoms with Crippen LogP contribution in [0.3, 0.4) is 0 Å². The maximum atomic E-state index is 11.4. The summed E-state index contributed by atoms with van der Waals surface area (Å²) in [5.41, 5.74) is 6.03. The van der Waals surface area contributed by atoms with E-state index in [4.69, 9.17) is 27.2 Å². The first-order chi connectivity index (χ1) is 9.49. The van der Waals surface area contributed by atoms with Crippen molar-refractivity contribution >= 4 is 29.2 Å². The van der Waals surface area contributed by atoms with E-state index in [0.29, 0.717) is 25.1 Å². The Bertz CT molecular complexity index is 535. The maximum Gasteiger partial charge on any atom is 0.332 e. The Morgan fingerprint density at radius 2 is 2.20 bits per heavy atom. The second-order valence-electron chi connectivity index (χ2n) is 4.57. The summed E-state index contributed by atoms with van der Waals surface area (Å²) in [5, 5.41) is 12.2. The Hall–Kier alpha value is -1.79. The number of anilines is 1. The molecule has 1 aromatic carbocycles. The number of hydrogen-bond acceptors (Lipinski definition) is 4. The fourth-order valence-electron chi connectivity index (χ4n) is 2.18. The zero-order chi connectivity index (χ0) is 14.7. The summed E-state index contributed by atoms with van der Waals surface area (Å²) >= 11 is 5.93. The van der Waals surface area contributed by atoms with Gasteiger partial charge in [-0.05, 0) is 25.0 Å². The lowest BCUT2D eigenvalue weighted by Gasteiger charge is -2.15. The van der Waals surface area contributed by atoms with Gasteiger partial charge < -0.3 is 20.9 Å². The number of carboxylic acid groups (broad SMARTS) is 1. The van der Waals surface area contributed by atoms with Crippen LogP contribution in [0.5, 0.6) is 0 Å². The van der Waals surface area contributed by atoms with Crippen molar-refractivity contribution in [2.75, 3.05) is 11.9 Å². The number of nitrogens with two attached hydrogens (primary N) is 1. The summed E-state index contributed by atoms with van der Waals surface area (Å²) in [5.74, 6) is -1.57. The molecule has 1 aliphatic heterocycles. The Morgan fingerprint density at radius 3 is 2.80 bits per heavy atom. The molecule has 1 heterocycles. The molecule has 1 aromatic rings. The molecule has 4 N–H and O–H groups in total. The van der Waals surface area contributed by atoms with E-state index in [-0.39, 0.29) is 16.7 Å². The summed E-state index contributed by atoms with van der Waals surface area (Å²) in [6.45, 7) is 0.393. The summed E-state index contributed by atoms with van der Waals surface area (Å²) in [6, 6.07) is 4.97. The second kappa shape index (κ2) is 6.11. The van der Waals surface area contributed by atoms with Gasteiger partial charge in [0.25, 0.3) is 5.91 Å². The first-order valence-corrected chi connectivity index (χ1v) is 6.57. The average molecular weight is 299 g/mol. The van der Waals surface area contributed by atoms with E-state index in [1.54, 1.807) is 18.2 Å². The average Bonchev–Trinajstić information content (AvgIpc) is 2.84. The predicted octanol–water partition coefficient (Wildman–Crippen LogP) is 1.48. The third-order valence-electron chi connectivity index (χ3n) is 3.16. The molecule has 0 bridgehead atoms. The van der Waals surface area contributed by atoms with Crippen LogP contribution in [-0.4, -0.2) is 35.7 Å². The number of ether oxygens (including phenoxy) is 1. The smallest absolute Gasteiger partial charge is 0.332 e. The number of amides is 1. The molecule has 1 amide bonds. The normalized spacial score (nSPS) is 21.6. The molecule has 1 aliphatic rings.